The van der Waals surface area contributed by atoms with E-state index in [4.69, 9.17) is 19.5 Å². The quantitative estimate of drug-likeness (QED) is 0.242. The van der Waals surface area contributed by atoms with Gasteiger partial charge in [-0.1, -0.05) is 84.9 Å². The van der Waals surface area contributed by atoms with Crippen molar-refractivity contribution in [1.29, 1.82) is 0 Å². The van der Waals surface area contributed by atoms with Gasteiger partial charge in [-0.25, -0.2) is 9.98 Å². The van der Waals surface area contributed by atoms with Gasteiger partial charge in [0.05, 0.1) is 25.6 Å². The lowest BCUT2D eigenvalue weighted by Gasteiger charge is -2.06. The molecule has 190 valence electrons. The molecule has 0 bridgehead atoms. The van der Waals surface area contributed by atoms with E-state index in [0.29, 0.717) is 5.84 Å². The molecule has 1 aliphatic rings. The molecule has 0 unspecified atom stereocenters. The van der Waals surface area contributed by atoms with E-state index >= 15 is 0 Å². The van der Waals surface area contributed by atoms with Crippen LogP contribution in [0.15, 0.2) is 131 Å². The number of H-pyrrole nitrogens is 1. The van der Waals surface area contributed by atoms with Crippen molar-refractivity contribution in [1.82, 2.24) is 4.98 Å². The van der Waals surface area contributed by atoms with Crippen LogP contribution >= 0.6 is 0 Å². The average Bonchev–Trinajstić information content (AvgIpc) is 3.63. The number of aliphatic imine (C=N–C) groups is 2. The van der Waals surface area contributed by atoms with Crippen molar-refractivity contribution in [3.05, 3.63) is 132 Å². The molecular formula is C34H27N3O2. The zero-order chi connectivity index (χ0) is 26.6. The van der Waals surface area contributed by atoms with E-state index in [0.717, 1.165) is 62.1 Å². The van der Waals surface area contributed by atoms with Gasteiger partial charge in [0.1, 0.15) is 17.3 Å². The number of aromatic amines is 1. The first-order chi connectivity index (χ1) is 19.2. The summed E-state index contributed by atoms with van der Waals surface area (Å²) in [5.74, 6) is 2.92. The summed E-state index contributed by atoms with van der Waals surface area (Å²) in [5, 5.41) is 0. The van der Waals surface area contributed by atoms with E-state index in [1.807, 2.05) is 84.9 Å². The lowest BCUT2D eigenvalue weighted by molar-refractivity contribution is 0.414. The van der Waals surface area contributed by atoms with Gasteiger partial charge in [0.2, 0.25) is 0 Å². The molecule has 2 heterocycles. The van der Waals surface area contributed by atoms with Gasteiger partial charge >= 0.3 is 0 Å². The van der Waals surface area contributed by atoms with Gasteiger partial charge in [-0.3, -0.25) is 0 Å². The first-order valence-electron chi connectivity index (χ1n) is 12.7. The molecule has 5 heteroatoms. The van der Waals surface area contributed by atoms with Crippen LogP contribution in [0.25, 0.3) is 28.0 Å². The third-order valence-electron chi connectivity index (χ3n) is 6.71. The van der Waals surface area contributed by atoms with Crippen molar-refractivity contribution in [3.8, 4) is 33.9 Å². The molecule has 0 saturated heterocycles. The molecule has 1 aliphatic heterocycles. The van der Waals surface area contributed by atoms with Crippen molar-refractivity contribution in [2.24, 2.45) is 9.98 Å². The molecule has 1 aromatic heterocycles. The first-order valence-corrected chi connectivity index (χ1v) is 12.7. The van der Waals surface area contributed by atoms with E-state index in [9.17, 15) is 0 Å². The number of aromatic nitrogens is 1. The summed E-state index contributed by atoms with van der Waals surface area (Å²) in [4.78, 5) is 13.7. The maximum Gasteiger partial charge on any atom is 0.162 e. The summed E-state index contributed by atoms with van der Waals surface area (Å²) in [6.07, 6.45) is 2.08. The molecule has 1 N–H and O–H groups in total. The Balaban J connectivity index is 1.54. The Morgan fingerprint density at radius 1 is 0.615 bits per heavy atom. The Bertz CT molecular complexity index is 1710. The van der Waals surface area contributed by atoms with E-state index in [-0.39, 0.29) is 0 Å². The number of nitrogens with one attached hydrogen (secondary N) is 1. The number of nitrogens with zero attached hydrogens (tertiary/aromatic N) is 2. The molecule has 4 aromatic carbocycles. The highest BCUT2D eigenvalue weighted by atomic mass is 16.5. The maximum atomic E-state index is 5.65. The van der Waals surface area contributed by atoms with Crippen LogP contribution in [0.2, 0.25) is 0 Å². The molecular weight excluding hydrogens is 482 g/mol. The van der Waals surface area contributed by atoms with E-state index in [2.05, 4.69) is 41.4 Å². The van der Waals surface area contributed by atoms with Crippen LogP contribution in [0.3, 0.4) is 0 Å². The second-order valence-corrected chi connectivity index (χ2v) is 9.07. The van der Waals surface area contributed by atoms with Crippen LogP contribution < -0.4 is 9.47 Å². The van der Waals surface area contributed by atoms with Crippen molar-refractivity contribution in [2.45, 2.75) is 0 Å². The third kappa shape index (κ3) is 4.78. The third-order valence-corrected chi connectivity index (χ3v) is 6.71. The molecule has 0 saturated carbocycles. The molecule has 39 heavy (non-hydrogen) atoms. The number of hydrogen-bond donors (Lipinski definition) is 1. The predicted octanol–water partition coefficient (Wildman–Crippen LogP) is 7.98. The second-order valence-electron chi connectivity index (χ2n) is 9.07. The normalized spacial score (nSPS) is 13.7. The van der Waals surface area contributed by atoms with Gasteiger partial charge in [-0.05, 0) is 47.5 Å². The minimum atomic E-state index is 0.632. The summed E-state index contributed by atoms with van der Waals surface area (Å²) in [5.41, 5.74) is 7.65. The Morgan fingerprint density at radius 2 is 1.18 bits per heavy atom. The van der Waals surface area contributed by atoms with Crippen LogP contribution in [0.5, 0.6) is 11.5 Å². The molecule has 5 aromatic rings. The van der Waals surface area contributed by atoms with Crippen molar-refractivity contribution in [2.75, 3.05) is 14.2 Å². The van der Waals surface area contributed by atoms with Crippen LogP contribution in [0, 0.1) is 0 Å². The number of benzene rings is 4. The number of ether oxygens (including phenoxy) is 2. The molecule has 0 spiro atoms. The van der Waals surface area contributed by atoms with Crippen LogP contribution in [-0.4, -0.2) is 30.8 Å². The fourth-order valence-corrected chi connectivity index (χ4v) is 4.81. The number of rotatable bonds is 7. The SMILES string of the molecule is COc1ccccc1C1=N/C(=N\c2[nH]c(-c3ccccc3OC)cc2-c2ccccc2)C(c2ccccc2)=C1. The molecule has 0 atom stereocenters. The lowest BCUT2D eigenvalue weighted by Crippen LogP contribution is -1.98. The predicted molar refractivity (Wildman–Crippen MR) is 159 cm³/mol. The average molecular weight is 510 g/mol. The summed E-state index contributed by atoms with van der Waals surface area (Å²) >= 11 is 0. The number of allylic oxidation sites excluding steroid dienone is 1. The lowest BCUT2D eigenvalue weighted by atomic mass is 10.0. The zero-order valence-corrected chi connectivity index (χ0v) is 21.8. The molecule has 0 amide bonds. The van der Waals surface area contributed by atoms with E-state index in [1.165, 1.54) is 0 Å². The van der Waals surface area contributed by atoms with Gasteiger partial charge in [0.25, 0.3) is 0 Å². The topological polar surface area (TPSA) is 59.0 Å². The van der Waals surface area contributed by atoms with Gasteiger partial charge in [-0.15, -0.1) is 0 Å². The minimum absolute atomic E-state index is 0.632. The second kappa shape index (κ2) is 10.7. The zero-order valence-electron chi connectivity index (χ0n) is 21.8. The monoisotopic (exact) mass is 509 g/mol. The minimum Gasteiger partial charge on any atom is -0.496 e. The number of amidine groups is 1. The van der Waals surface area contributed by atoms with Crippen molar-refractivity contribution < 1.29 is 9.47 Å². The summed E-state index contributed by atoms with van der Waals surface area (Å²) in [7, 11) is 3.36. The Hall–Kier alpha value is -5.16. The van der Waals surface area contributed by atoms with Gasteiger partial charge < -0.3 is 14.5 Å². The highest BCUT2D eigenvalue weighted by Gasteiger charge is 2.22. The Kier molecular flexibility index (Phi) is 6.62. The number of methoxy groups -OCH3 is 2. The molecule has 5 nitrogen and oxygen atoms in total. The molecule has 0 fully saturated rings. The van der Waals surface area contributed by atoms with Crippen LogP contribution in [0.4, 0.5) is 5.82 Å². The fourth-order valence-electron chi connectivity index (χ4n) is 4.81. The van der Waals surface area contributed by atoms with Gasteiger partial charge in [0.15, 0.2) is 5.84 Å². The van der Waals surface area contributed by atoms with Crippen LogP contribution in [-0.2, 0) is 0 Å². The number of para-hydroxylation sites is 2. The summed E-state index contributed by atoms with van der Waals surface area (Å²) in [6.45, 7) is 0. The Labute approximate surface area is 227 Å². The smallest absolute Gasteiger partial charge is 0.162 e. The van der Waals surface area contributed by atoms with E-state index in [1.54, 1.807) is 14.2 Å². The van der Waals surface area contributed by atoms with Gasteiger partial charge in [-0.2, -0.15) is 0 Å². The largest absolute Gasteiger partial charge is 0.496 e. The highest BCUT2D eigenvalue weighted by molar-refractivity contribution is 6.38. The van der Waals surface area contributed by atoms with Crippen LogP contribution in [0.1, 0.15) is 11.1 Å². The highest BCUT2D eigenvalue weighted by Crippen LogP contribution is 2.39. The summed E-state index contributed by atoms with van der Waals surface area (Å²) in [6, 6.07) is 38.5. The molecule has 0 radical (unpaired) electrons. The molecule has 6 rings (SSSR count). The summed E-state index contributed by atoms with van der Waals surface area (Å²) < 4.78 is 11.3. The standard InChI is InChI=1S/C34H27N3O2/c1-38-31-19-11-9-17-25(31)29-21-27(23-13-5-3-6-14-23)33(35-29)37-34-28(24-15-7-4-8-16-24)22-30(36-34)26-18-10-12-20-32(26)39-2/h3-22,35H,1-2H3/b37-34-. The Morgan fingerprint density at radius 3 is 1.85 bits per heavy atom. The van der Waals surface area contributed by atoms with Crippen molar-refractivity contribution >= 4 is 22.9 Å². The van der Waals surface area contributed by atoms with Gasteiger partial charge in [0, 0.05) is 22.3 Å². The molecule has 0 aliphatic carbocycles. The first kappa shape index (κ1) is 24.2. The maximum absolute atomic E-state index is 5.65. The van der Waals surface area contributed by atoms with Crippen molar-refractivity contribution in [3.63, 3.8) is 0 Å². The van der Waals surface area contributed by atoms with E-state index < -0.39 is 0 Å². The number of hydrogen-bond acceptors (Lipinski definition) is 3. The fraction of sp³-hybridized carbons (Fsp3) is 0.0588.